The van der Waals surface area contributed by atoms with Crippen LogP contribution in [0.25, 0.3) is 0 Å². The highest BCUT2D eigenvalue weighted by atomic mass is 35.5. The first-order valence-electron chi connectivity index (χ1n) is 7.90. The Labute approximate surface area is 134 Å². The monoisotopic (exact) mass is 312 g/mol. The van der Waals surface area contributed by atoms with E-state index in [1.807, 2.05) is 19.1 Å². The fraction of sp³-hybridized carbons (Fsp3) is 0.647. The van der Waals surface area contributed by atoms with Crippen LogP contribution in [0, 0.1) is 5.92 Å². The molecule has 0 aliphatic heterocycles. The minimum absolute atomic E-state index is 0.646. The summed E-state index contributed by atoms with van der Waals surface area (Å²) in [6, 6.07) is 6.14. The zero-order valence-corrected chi connectivity index (χ0v) is 14.5. The number of hydrogen-bond acceptors (Lipinski definition) is 3. The molecule has 0 heterocycles. The standard InChI is InChI=1S/C17H29ClN2O/c1-5-20(10-11-21-6-2)17-15(8-7-9-16(17)18)13-19-12-14(3)4/h7-9,14,19H,5-6,10-13H2,1-4H3. The number of benzene rings is 1. The average Bonchev–Trinajstić information content (AvgIpc) is 2.44. The van der Waals surface area contributed by atoms with Crippen molar-refractivity contribution < 1.29 is 4.74 Å². The first kappa shape index (κ1) is 18.3. The molecule has 0 atom stereocenters. The maximum Gasteiger partial charge on any atom is 0.0642 e. The van der Waals surface area contributed by atoms with E-state index in [4.69, 9.17) is 16.3 Å². The fourth-order valence-corrected chi connectivity index (χ4v) is 2.61. The average molecular weight is 313 g/mol. The first-order valence-corrected chi connectivity index (χ1v) is 8.28. The maximum atomic E-state index is 6.45. The van der Waals surface area contributed by atoms with E-state index in [2.05, 4.69) is 37.1 Å². The summed E-state index contributed by atoms with van der Waals surface area (Å²) >= 11 is 6.45. The van der Waals surface area contributed by atoms with Crippen molar-refractivity contribution in [3.8, 4) is 0 Å². The van der Waals surface area contributed by atoms with Crippen LogP contribution in [0.3, 0.4) is 0 Å². The van der Waals surface area contributed by atoms with Gasteiger partial charge in [0.2, 0.25) is 0 Å². The maximum absolute atomic E-state index is 6.45. The molecule has 3 nitrogen and oxygen atoms in total. The van der Waals surface area contributed by atoms with Crippen LogP contribution in [0.15, 0.2) is 18.2 Å². The van der Waals surface area contributed by atoms with Crippen LogP contribution >= 0.6 is 11.6 Å². The molecule has 0 saturated heterocycles. The molecule has 0 aliphatic carbocycles. The van der Waals surface area contributed by atoms with Crippen LogP contribution in [0.2, 0.25) is 5.02 Å². The van der Waals surface area contributed by atoms with E-state index in [1.54, 1.807) is 0 Å². The molecule has 0 spiro atoms. The van der Waals surface area contributed by atoms with Crippen molar-refractivity contribution in [1.82, 2.24) is 5.32 Å². The topological polar surface area (TPSA) is 24.5 Å². The lowest BCUT2D eigenvalue weighted by Gasteiger charge is -2.27. The van der Waals surface area contributed by atoms with Gasteiger partial charge in [-0.2, -0.15) is 0 Å². The van der Waals surface area contributed by atoms with Gasteiger partial charge in [-0.1, -0.05) is 37.6 Å². The minimum Gasteiger partial charge on any atom is -0.380 e. The lowest BCUT2D eigenvalue weighted by Crippen LogP contribution is -2.29. The number of rotatable bonds is 10. The van der Waals surface area contributed by atoms with Gasteiger partial charge in [0.25, 0.3) is 0 Å². The van der Waals surface area contributed by atoms with Gasteiger partial charge in [0.15, 0.2) is 0 Å². The fourth-order valence-electron chi connectivity index (χ4n) is 2.30. The van der Waals surface area contributed by atoms with Gasteiger partial charge in [-0.15, -0.1) is 0 Å². The number of hydrogen-bond donors (Lipinski definition) is 1. The van der Waals surface area contributed by atoms with Crippen molar-refractivity contribution in [3.63, 3.8) is 0 Å². The number of para-hydroxylation sites is 1. The Balaban J connectivity index is 2.81. The van der Waals surface area contributed by atoms with Gasteiger partial charge in [0.05, 0.1) is 17.3 Å². The summed E-state index contributed by atoms with van der Waals surface area (Å²) in [4.78, 5) is 2.30. The van der Waals surface area contributed by atoms with E-state index in [9.17, 15) is 0 Å². The van der Waals surface area contributed by atoms with Gasteiger partial charge < -0.3 is 15.0 Å². The smallest absolute Gasteiger partial charge is 0.0642 e. The molecule has 4 heteroatoms. The number of nitrogens with zero attached hydrogens (tertiary/aromatic N) is 1. The second-order valence-corrected chi connectivity index (χ2v) is 5.96. The van der Waals surface area contributed by atoms with E-state index in [-0.39, 0.29) is 0 Å². The van der Waals surface area contributed by atoms with Crippen LogP contribution in [-0.2, 0) is 11.3 Å². The molecule has 0 bridgehead atoms. The van der Waals surface area contributed by atoms with Crippen LogP contribution in [0.1, 0.15) is 33.3 Å². The van der Waals surface area contributed by atoms with Gasteiger partial charge in [0, 0.05) is 26.2 Å². The van der Waals surface area contributed by atoms with Gasteiger partial charge in [0.1, 0.15) is 0 Å². The Morgan fingerprint density at radius 3 is 2.67 bits per heavy atom. The van der Waals surface area contributed by atoms with Crippen LogP contribution in [0.4, 0.5) is 5.69 Å². The molecule has 0 unspecified atom stereocenters. The molecule has 1 N–H and O–H groups in total. The van der Waals surface area contributed by atoms with Gasteiger partial charge in [-0.25, -0.2) is 0 Å². The Kier molecular flexibility index (Phi) is 8.74. The van der Waals surface area contributed by atoms with E-state index < -0.39 is 0 Å². The molecular formula is C17H29ClN2O. The Bertz CT molecular complexity index is 410. The molecule has 0 amide bonds. The largest absolute Gasteiger partial charge is 0.380 e. The van der Waals surface area contributed by atoms with Crippen LogP contribution in [0.5, 0.6) is 0 Å². The molecule has 120 valence electrons. The Morgan fingerprint density at radius 2 is 2.05 bits per heavy atom. The third-order valence-electron chi connectivity index (χ3n) is 3.35. The van der Waals surface area contributed by atoms with Crippen molar-refractivity contribution >= 4 is 17.3 Å². The molecular weight excluding hydrogens is 284 g/mol. The Hall–Kier alpha value is -0.770. The molecule has 0 aromatic heterocycles. The predicted octanol–water partition coefficient (Wildman–Crippen LogP) is 3.95. The van der Waals surface area contributed by atoms with Crippen molar-refractivity contribution in [2.45, 2.75) is 34.2 Å². The molecule has 1 aromatic rings. The first-order chi connectivity index (χ1) is 10.1. The van der Waals surface area contributed by atoms with E-state index in [1.165, 1.54) is 5.56 Å². The van der Waals surface area contributed by atoms with Gasteiger partial charge >= 0.3 is 0 Å². The van der Waals surface area contributed by atoms with Crippen molar-refractivity contribution in [1.29, 1.82) is 0 Å². The predicted molar refractivity (Wildman–Crippen MR) is 92.4 cm³/mol. The van der Waals surface area contributed by atoms with Crippen LogP contribution in [-0.4, -0.2) is 32.8 Å². The number of anilines is 1. The summed E-state index contributed by atoms with van der Waals surface area (Å²) in [7, 11) is 0. The molecule has 1 aromatic carbocycles. The van der Waals surface area contributed by atoms with Crippen LogP contribution < -0.4 is 10.2 Å². The number of ether oxygens (including phenoxy) is 1. The van der Waals surface area contributed by atoms with Gasteiger partial charge in [-0.3, -0.25) is 0 Å². The summed E-state index contributed by atoms with van der Waals surface area (Å²) in [5.74, 6) is 0.646. The second kappa shape index (κ2) is 10.0. The summed E-state index contributed by atoms with van der Waals surface area (Å²) in [6.45, 7) is 13.7. The number of nitrogens with one attached hydrogen (secondary N) is 1. The van der Waals surface area contributed by atoms with Gasteiger partial charge in [-0.05, 0) is 37.9 Å². The second-order valence-electron chi connectivity index (χ2n) is 5.55. The third-order valence-corrected chi connectivity index (χ3v) is 3.65. The van der Waals surface area contributed by atoms with Crippen molar-refractivity contribution in [2.24, 2.45) is 5.92 Å². The summed E-state index contributed by atoms with van der Waals surface area (Å²) in [6.07, 6.45) is 0. The highest BCUT2D eigenvalue weighted by Crippen LogP contribution is 2.29. The summed E-state index contributed by atoms with van der Waals surface area (Å²) in [5.41, 5.74) is 2.39. The molecule has 0 aliphatic rings. The quantitative estimate of drug-likeness (QED) is 0.662. The molecule has 0 radical (unpaired) electrons. The normalized spacial score (nSPS) is 11.1. The van der Waals surface area contributed by atoms with E-state index in [0.29, 0.717) is 5.92 Å². The summed E-state index contributed by atoms with van der Waals surface area (Å²) in [5, 5.41) is 4.32. The minimum atomic E-state index is 0.646. The zero-order chi connectivity index (χ0) is 15.7. The number of halogens is 1. The van der Waals surface area contributed by atoms with Crippen molar-refractivity contribution in [2.75, 3.05) is 37.7 Å². The zero-order valence-electron chi connectivity index (χ0n) is 13.8. The SMILES string of the molecule is CCOCCN(CC)c1c(Cl)cccc1CNCC(C)C. The number of likely N-dealkylation sites (N-methyl/N-ethyl adjacent to an activating group) is 1. The summed E-state index contributed by atoms with van der Waals surface area (Å²) < 4.78 is 5.48. The molecule has 0 fully saturated rings. The molecule has 21 heavy (non-hydrogen) atoms. The van der Waals surface area contributed by atoms with E-state index >= 15 is 0 Å². The third kappa shape index (κ3) is 6.25. The van der Waals surface area contributed by atoms with E-state index in [0.717, 1.165) is 50.1 Å². The van der Waals surface area contributed by atoms with Crippen molar-refractivity contribution in [3.05, 3.63) is 28.8 Å². The Morgan fingerprint density at radius 1 is 1.29 bits per heavy atom. The lowest BCUT2D eigenvalue weighted by molar-refractivity contribution is 0.154. The highest BCUT2D eigenvalue weighted by molar-refractivity contribution is 6.33. The highest BCUT2D eigenvalue weighted by Gasteiger charge is 2.13. The molecule has 1 rings (SSSR count). The molecule has 0 saturated carbocycles. The lowest BCUT2D eigenvalue weighted by atomic mass is 10.1.